The highest BCUT2D eigenvalue weighted by Crippen LogP contribution is 2.37. The highest BCUT2D eigenvalue weighted by molar-refractivity contribution is 5.54. The third-order valence-corrected chi connectivity index (χ3v) is 3.22. The molecule has 0 saturated heterocycles. The molecule has 0 aliphatic rings. The largest absolute Gasteiger partial charge is 0.504 e. The fourth-order valence-electron chi connectivity index (χ4n) is 2.12. The summed E-state index contributed by atoms with van der Waals surface area (Å²) in [6.45, 7) is 12.1. The maximum absolute atomic E-state index is 10.6. The van der Waals surface area contributed by atoms with E-state index in [1.807, 2.05) is 53.7 Å². The van der Waals surface area contributed by atoms with Gasteiger partial charge in [-0.05, 0) is 12.1 Å². The third-order valence-electron chi connectivity index (χ3n) is 3.22. The van der Waals surface area contributed by atoms with Crippen LogP contribution in [0.25, 0.3) is 0 Å². The lowest BCUT2D eigenvalue weighted by atomic mass is 9.85. The number of hydrogen-bond acceptors (Lipinski definition) is 5. The number of nitrogens with one attached hydrogen (secondary N) is 1. The summed E-state index contributed by atoms with van der Waals surface area (Å²) in [4.78, 5) is 13.1. The monoisotopic (exact) mass is 300 g/mol. The highest BCUT2D eigenvalue weighted by atomic mass is 16.3. The molecule has 2 rings (SSSR count). The summed E-state index contributed by atoms with van der Waals surface area (Å²) >= 11 is 0. The predicted molar refractivity (Wildman–Crippen MR) is 88.6 cm³/mol. The smallest absolute Gasteiger partial charge is 0.227 e. The molecule has 2 aromatic heterocycles. The van der Waals surface area contributed by atoms with Crippen LogP contribution in [0.15, 0.2) is 24.5 Å². The molecule has 2 heterocycles. The molecule has 2 N–H and O–H groups in total. The van der Waals surface area contributed by atoms with Crippen LogP contribution in [0.2, 0.25) is 0 Å². The maximum Gasteiger partial charge on any atom is 0.227 e. The summed E-state index contributed by atoms with van der Waals surface area (Å²) in [5, 5.41) is 13.7. The molecular weight excluding hydrogens is 276 g/mol. The summed E-state index contributed by atoms with van der Waals surface area (Å²) in [5.74, 6) is 0.650. The van der Waals surface area contributed by atoms with Gasteiger partial charge in [0.2, 0.25) is 5.95 Å². The van der Waals surface area contributed by atoms with E-state index in [2.05, 4.69) is 20.3 Å². The van der Waals surface area contributed by atoms with E-state index in [9.17, 15) is 5.11 Å². The maximum atomic E-state index is 10.6. The van der Waals surface area contributed by atoms with Gasteiger partial charge in [-0.15, -0.1) is 0 Å². The van der Waals surface area contributed by atoms with Crippen molar-refractivity contribution >= 4 is 11.6 Å². The Kier molecular flexibility index (Phi) is 4.09. The zero-order chi connectivity index (χ0) is 16.5. The molecule has 0 spiro atoms. The number of nitrogens with zero attached hydrogens (tertiary/aromatic N) is 3. The Balaban J connectivity index is 2.56. The molecule has 0 saturated carbocycles. The number of aromatic nitrogens is 3. The van der Waals surface area contributed by atoms with Crippen LogP contribution in [0.4, 0.5) is 11.6 Å². The summed E-state index contributed by atoms with van der Waals surface area (Å²) in [6, 6.07) is 3.74. The quantitative estimate of drug-likeness (QED) is 0.879. The molecule has 0 fully saturated rings. The highest BCUT2D eigenvalue weighted by Gasteiger charge is 2.29. The Labute approximate surface area is 131 Å². The first-order chi connectivity index (χ1) is 10.1. The Morgan fingerprint density at radius 2 is 1.50 bits per heavy atom. The van der Waals surface area contributed by atoms with E-state index in [1.165, 1.54) is 0 Å². The van der Waals surface area contributed by atoms with Gasteiger partial charge < -0.3 is 10.4 Å². The van der Waals surface area contributed by atoms with Crippen LogP contribution in [0.3, 0.4) is 0 Å². The zero-order valence-corrected chi connectivity index (χ0v) is 14.1. The Morgan fingerprint density at radius 3 is 1.91 bits per heavy atom. The van der Waals surface area contributed by atoms with Gasteiger partial charge in [-0.2, -0.15) is 0 Å². The lowest BCUT2D eigenvalue weighted by molar-refractivity contribution is 0.407. The molecule has 0 atom stereocenters. The van der Waals surface area contributed by atoms with Crippen molar-refractivity contribution in [3.63, 3.8) is 0 Å². The first-order valence-electron chi connectivity index (χ1n) is 7.38. The lowest BCUT2D eigenvalue weighted by Gasteiger charge is -2.26. The van der Waals surface area contributed by atoms with E-state index in [0.29, 0.717) is 17.3 Å². The average Bonchev–Trinajstić information content (AvgIpc) is 2.39. The van der Waals surface area contributed by atoms with Crippen molar-refractivity contribution in [1.29, 1.82) is 0 Å². The predicted octanol–water partition coefficient (Wildman–Crippen LogP) is 3.92. The van der Waals surface area contributed by atoms with Crippen molar-refractivity contribution in [2.24, 2.45) is 0 Å². The molecule has 0 unspecified atom stereocenters. The molecular formula is C17H24N4O. The van der Waals surface area contributed by atoms with Gasteiger partial charge in [-0.3, -0.25) is 4.98 Å². The van der Waals surface area contributed by atoms with Crippen molar-refractivity contribution in [2.45, 2.75) is 52.4 Å². The molecule has 0 aromatic carbocycles. The first-order valence-corrected chi connectivity index (χ1v) is 7.38. The molecule has 0 bridgehead atoms. The second-order valence-electron chi connectivity index (χ2n) is 7.46. The molecule has 2 aromatic rings. The minimum atomic E-state index is -0.279. The zero-order valence-electron chi connectivity index (χ0n) is 14.1. The molecule has 118 valence electrons. The molecule has 22 heavy (non-hydrogen) atoms. The second kappa shape index (κ2) is 5.55. The Hall–Kier alpha value is -2.17. The van der Waals surface area contributed by atoms with Crippen molar-refractivity contribution in [2.75, 3.05) is 5.32 Å². The topological polar surface area (TPSA) is 70.9 Å². The molecule has 0 aliphatic heterocycles. The molecule has 0 amide bonds. The van der Waals surface area contributed by atoms with Crippen molar-refractivity contribution < 1.29 is 5.11 Å². The van der Waals surface area contributed by atoms with Crippen LogP contribution in [-0.2, 0) is 10.8 Å². The minimum absolute atomic E-state index is 0.178. The summed E-state index contributed by atoms with van der Waals surface area (Å²) in [7, 11) is 0. The van der Waals surface area contributed by atoms with Gasteiger partial charge in [0.25, 0.3) is 0 Å². The number of pyridine rings is 1. The van der Waals surface area contributed by atoms with Crippen LogP contribution in [0.1, 0.15) is 52.9 Å². The van der Waals surface area contributed by atoms with Crippen molar-refractivity contribution in [3.05, 3.63) is 35.9 Å². The van der Waals surface area contributed by atoms with Gasteiger partial charge in [-0.25, -0.2) is 9.97 Å². The minimum Gasteiger partial charge on any atom is -0.504 e. The number of anilines is 2. The van der Waals surface area contributed by atoms with Gasteiger partial charge in [0.1, 0.15) is 0 Å². The number of aromatic hydroxyl groups is 1. The van der Waals surface area contributed by atoms with E-state index >= 15 is 0 Å². The first kappa shape index (κ1) is 16.2. The van der Waals surface area contributed by atoms with E-state index < -0.39 is 0 Å². The van der Waals surface area contributed by atoms with Crippen LogP contribution >= 0.6 is 0 Å². The van der Waals surface area contributed by atoms with Gasteiger partial charge in [0, 0.05) is 17.0 Å². The van der Waals surface area contributed by atoms with E-state index in [1.54, 1.807) is 12.4 Å². The SMILES string of the molecule is CC(C)(C)c1nc(Nc2cccnc2)nc(C(C)(C)C)c1O. The third kappa shape index (κ3) is 3.53. The van der Waals surface area contributed by atoms with Crippen LogP contribution in [-0.4, -0.2) is 20.1 Å². The molecule has 5 heteroatoms. The molecule has 0 aliphatic carbocycles. The van der Waals surface area contributed by atoms with E-state index in [4.69, 9.17) is 0 Å². The Bertz CT molecular complexity index is 620. The van der Waals surface area contributed by atoms with Crippen molar-refractivity contribution in [1.82, 2.24) is 15.0 Å². The fraction of sp³-hybridized carbons (Fsp3) is 0.471. The normalized spacial score (nSPS) is 12.3. The molecule has 0 radical (unpaired) electrons. The molecule has 5 nitrogen and oxygen atoms in total. The standard InChI is InChI=1S/C17H24N4O/c1-16(2,3)13-12(22)14(17(4,5)6)21-15(20-13)19-11-8-7-9-18-10-11/h7-10,22H,1-6H3,(H,19,20,21). The summed E-state index contributed by atoms with van der Waals surface area (Å²) in [5.41, 5.74) is 1.53. The van der Waals surface area contributed by atoms with E-state index in [0.717, 1.165) is 5.69 Å². The average molecular weight is 300 g/mol. The van der Waals surface area contributed by atoms with Gasteiger partial charge in [-0.1, -0.05) is 41.5 Å². The summed E-state index contributed by atoms with van der Waals surface area (Å²) < 4.78 is 0. The van der Waals surface area contributed by atoms with Gasteiger partial charge in [0.05, 0.1) is 23.3 Å². The number of rotatable bonds is 2. The van der Waals surface area contributed by atoms with Gasteiger partial charge in [0.15, 0.2) is 5.75 Å². The Morgan fingerprint density at radius 1 is 0.955 bits per heavy atom. The van der Waals surface area contributed by atoms with Gasteiger partial charge >= 0.3 is 0 Å². The van der Waals surface area contributed by atoms with Crippen LogP contribution < -0.4 is 5.32 Å². The van der Waals surface area contributed by atoms with Crippen LogP contribution in [0.5, 0.6) is 5.75 Å². The van der Waals surface area contributed by atoms with Crippen LogP contribution in [0, 0.1) is 0 Å². The number of hydrogen-bond donors (Lipinski definition) is 2. The second-order valence-corrected chi connectivity index (χ2v) is 7.46. The van der Waals surface area contributed by atoms with E-state index in [-0.39, 0.29) is 16.6 Å². The lowest BCUT2D eigenvalue weighted by Crippen LogP contribution is -2.21. The summed E-state index contributed by atoms with van der Waals surface area (Å²) in [6.07, 6.45) is 3.42. The van der Waals surface area contributed by atoms with Crippen molar-refractivity contribution in [3.8, 4) is 5.75 Å². The fourth-order valence-corrected chi connectivity index (χ4v) is 2.12.